The van der Waals surface area contributed by atoms with Crippen LogP contribution in [0.1, 0.15) is 50.1 Å². The summed E-state index contributed by atoms with van der Waals surface area (Å²) >= 11 is 0. The van der Waals surface area contributed by atoms with Gasteiger partial charge in [-0.05, 0) is 50.8 Å². The normalized spacial score (nSPS) is 21.0. The van der Waals surface area contributed by atoms with Crippen LogP contribution in [0.3, 0.4) is 0 Å². The number of nitrogens with one attached hydrogen (secondary N) is 1. The summed E-state index contributed by atoms with van der Waals surface area (Å²) < 4.78 is 5.97. The number of amides is 1. The lowest BCUT2D eigenvalue weighted by atomic mass is 9.91. The van der Waals surface area contributed by atoms with Crippen molar-refractivity contribution < 1.29 is 14.6 Å². The highest BCUT2D eigenvalue weighted by Crippen LogP contribution is 2.32. The van der Waals surface area contributed by atoms with Gasteiger partial charge in [0.25, 0.3) is 0 Å². The number of nitrogens with zero attached hydrogens (tertiary/aromatic N) is 3. The number of aromatic nitrogens is 2. The molecule has 7 heteroatoms. The maximum absolute atomic E-state index is 11.1. The summed E-state index contributed by atoms with van der Waals surface area (Å²) in [4.78, 5) is 21.6. The molecule has 7 nitrogen and oxygen atoms in total. The third-order valence-electron chi connectivity index (χ3n) is 5.94. The molecule has 2 fully saturated rings. The fourth-order valence-corrected chi connectivity index (χ4v) is 4.31. The fourth-order valence-electron chi connectivity index (χ4n) is 4.31. The first-order valence-corrected chi connectivity index (χ1v) is 10.3. The number of likely N-dealkylation sites (tertiary alicyclic amines) is 1. The average molecular weight is 384 g/mol. The molecule has 2 N–H and O–H groups in total. The van der Waals surface area contributed by atoms with E-state index in [1.165, 1.54) is 24.2 Å². The third-order valence-corrected chi connectivity index (χ3v) is 5.94. The summed E-state index contributed by atoms with van der Waals surface area (Å²) in [6, 6.07) is 6.60. The van der Waals surface area contributed by atoms with E-state index < -0.39 is 6.09 Å². The Morgan fingerprint density at radius 2 is 2.07 bits per heavy atom. The minimum Gasteiger partial charge on any atom is -0.493 e. The van der Waals surface area contributed by atoms with Crippen LogP contribution in [-0.2, 0) is 0 Å². The smallest absolute Gasteiger partial charge is 0.407 e. The van der Waals surface area contributed by atoms with E-state index in [4.69, 9.17) is 9.84 Å². The molecule has 0 radical (unpaired) electrons. The Labute approximate surface area is 165 Å². The van der Waals surface area contributed by atoms with Gasteiger partial charge in [0.1, 0.15) is 12.1 Å². The highest BCUT2D eigenvalue weighted by atomic mass is 16.5. The molecule has 2 aromatic rings. The van der Waals surface area contributed by atoms with E-state index >= 15 is 0 Å². The summed E-state index contributed by atoms with van der Waals surface area (Å²) in [5.74, 6) is 1.11. The largest absolute Gasteiger partial charge is 0.493 e. The summed E-state index contributed by atoms with van der Waals surface area (Å²) in [7, 11) is 0. The van der Waals surface area contributed by atoms with Crippen molar-refractivity contribution in [3.8, 4) is 5.75 Å². The zero-order valence-corrected chi connectivity index (χ0v) is 16.1. The SMILES string of the molecule is O=C(O)N1CCC(c2ncnc3cc(OCCC4CCCCN4)ccc23)CC1. The van der Waals surface area contributed by atoms with Crippen molar-refractivity contribution >= 4 is 17.0 Å². The zero-order chi connectivity index (χ0) is 19.3. The Hall–Kier alpha value is -2.41. The molecule has 28 heavy (non-hydrogen) atoms. The minimum atomic E-state index is -0.837. The predicted molar refractivity (Wildman–Crippen MR) is 107 cm³/mol. The standard InChI is InChI=1S/C21H28N4O3/c26-21(27)25-10-6-15(7-11-25)20-18-5-4-17(13-19(18)23-14-24-20)28-12-8-16-3-1-2-9-22-16/h4-5,13-16,22H,1-3,6-12H2,(H,26,27). The molecule has 1 unspecified atom stereocenters. The molecule has 3 heterocycles. The summed E-state index contributed by atoms with van der Waals surface area (Å²) in [5, 5.41) is 13.7. The Balaban J connectivity index is 1.40. The monoisotopic (exact) mass is 384 g/mol. The first-order chi connectivity index (χ1) is 13.7. The Morgan fingerprint density at radius 1 is 1.21 bits per heavy atom. The van der Waals surface area contributed by atoms with Crippen LogP contribution >= 0.6 is 0 Å². The Kier molecular flexibility index (Phi) is 5.90. The molecule has 1 aromatic carbocycles. The molecule has 2 aliphatic rings. The van der Waals surface area contributed by atoms with Crippen LogP contribution < -0.4 is 10.1 Å². The number of carboxylic acid groups (broad SMARTS) is 1. The van der Waals surface area contributed by atoms with Crippen LogP contribution in [0.5, 0.6) is 5.75 Å². The van der Waals surface area contributed by atoms with E-state index in [0.717, 1.165) is 48.2 Å². The molecule has 150 valence electrons. The molecular weight excluding hydrogens is 356 g/mol. The van der Waals surface area contributed by atoms with Crippen molar-refractivity contribution in [3.05, 3.63) is 30.2 Å². The van der Waals surface area contributed by atoms with Gasteiger partial charge in [-0.3, -0.25) is 0 Å². The number of hydrogen-bond donors (Lipinski definition) is 2. The second-order valence-electron chi connectivity index (χ2n) is 7.77. The Morgan fingerprint density at radius 3 is 2.82 bits per heavy atom. The number of rotatable bonds is 5. The maximum atomic E-state index is 11.1. The topological polar surface area (TPSA) is 87.6 Å². The van der Waals surface area contributed by atoms with Gasteiger partial charge in [0.15, 0.2) is 0 Å². The first kappa shape index (κ1) is 18.9. The van der Waals surface area contributed by atoms with Crippen LogP contribution in [0.25, 0.3) is 10.9 Å². The molecule has 1 amide bonds. The van der Waals surface area contributed by atoms with Crippen LogP contribution in [0, 0.1) is 0 Å². The molecule has 0 saturated carbocycles. The van der Waals surface area contributed by atoms with E-state index in [2.05, 4.69) is 15.3 Å². The highest BCUT2D eigenvalue weighted by Gasteiger charge is 2.25. The number of fused-ring (bicyclic) bond motifs is 1. The predicted octanol–water partition coefficient (Wildman–Crippen LogP) is 3.40. The van der Waals surface area contributed by atoms with Crippen molar-refractivity contribution in [1.82, 2.24) is 20.2 Å². The summed E-state index contributed by atoms with van der Waals surface area (Å²) in [6.45, 7) is 2.93. The maximum Gasteiger partial charge on any atom is 0.407 e. The number of benzene rings is 1. The highest BCUT2D eigenvalue weighted by molar-refractivity contribution is 5.82. The van der Waals surface area contributed by atoms with Gasteiger partial charge in [-0.25, -0.2) is 14.8 Å². The van der Waals surface area contributed by atoms with Gasteiger partial charge in [-0.15, -0.1) is 0 Å². The quantitative estimate of drug-likeness (QED) is 0.822. The molecule has 2 saturated heterocycles. The van der Waals surface area contributed by atoms with Gasteiger partial charge in [0.05, 0.1) is 17.8 Å². The zero-order valence-electron chi connectivity index (χ0n) is 16.1. The molecule has 0 bridgehead atoms. The second kappa shape index (κ2) is 8.73. The average Bonchev–Trinajstić information content (AvgIpc) is 2.74. The van der Waals surface area contributed by atoms with Gasteiger partial charge in [-0.2, -0.15) is 0 Å². The van der Waals surface area contributed by atoms with Crippen molar-refractivity contribution in [2.24, 2.45) is 0 Å². The van der Waals surface area contributed by atoms with E-state index in [1.807, 2.05) is 18.2 Å². The molecule has 0 aliphatic carbocycles. The van der Waals surface area contributed by atoms with Crippen molar-refractivity contribution in [3.63, 3.8) is 0 Å². The van der Waals surface area contributed by atoms with Crippen LogP contribution in [0.2, 0.25) is 0 Å². The number of piperidine rings is 2. The molecule has 1 aromatic heterocycles. The molecule has 0 spiro atoms. The lowest BCUT2D eigenvalue weighted by Crippen LogP contribution is -2.37. The number of hydrogen-bond acceptors (Lipinski definition) is 5. The van der Waals surface area contributed by atoms with Crippen molar-refractivity contribution in [2.45, 2.75) is 50.5 Å². The van der Waals surface area contributed by atoms with Gasteiger partial charge < -0.3 is 20.1 Å². The van der Waals surface area contributed by atoms with Crippen LogP contribution in [0.4, 0.5) is 4.79 Å². The van der Waals surface area contributed by atoms with Crippen LogP contribution in [0.15, 0.2) is 24.5 Å². The van der Waals surface area contributed by atoms with E-state index in [-0.39, 0.29) is 5.92 Å². The second-order valence-corrected chi connectivity index (χ2v) is 7.77. The lowest BCUT2D eigenvalue weighted by Gasteiger charge is -2.30. The first-order valence-electron chi connectivity index (χ1n) is 10.3. The van der Waals surface area contributed by atoms with Gasteiger partial charge in [-0.1, -0.05) is 6.42 Å². The summed E-state index contributed by atoms with van der Waals surface area (Å²) in [5.41, 5.74) is 1.91. The minimum absolute atomic E-state index is 0.269. The lowest BCUT2D eigenvalue weighted by molar-refractivity contribution is 0.132. The molecule has 1 atom stereocenters. The van der Waals surface area contributed by atoms with Crippen LogP contribution in [-0.4, -0.2) is 58.4 Å². The molecular formula is C21H28N4O3. The number of carbonyl (C=O) groups is 1. The van der Waals surface area contributed by atoms with Gasteiger partial charge in [0.2, 0.25) is 0 Å². The van der Waals surface area contributed by atoms with E-state index in [1.54, 1.807) is 6.33 Å². The Bertz CT molecular complexity index is 814. The van der Waals surface area contributed by atoms with E-state index in [0.29, 0.717) is 25.7 Å². The van der Waals surface area contributed by atoms with Gasteiger partial charge >= 0.3 is 6.09 Å². The van der Waals surface area contributed by atoms with E-state index in [9.17, 15) is 4.79 Å². The summed E-state index contributed by atoms with van der Waals surface area (Å²) in [6.07, 6.45) is 7.20. The van der Waals surface area contributed by atoms with Gasteiger partial charge in [0, 0.05) is 36.5 Å². The molecule has 4 rings (SSSR count). The third kappa shape index (κ3) is 4.35. The van der Waals surface area contributed by atoms with Crippen molar-refractivity contribution in [1.29, 1.82) is 0 Å². The number of ether oxygens (including phenoxy) is 1. The van der Waals surface area contributed by atoms with Crippen molar-refractivity contribution in [2.75, 3.05) is 26.2 Å². The molecule has 2 aliphatic heterocycles. The fraction of sp³-hybridized carbons (Fsp3) is 0.571.